The highest BCUT2D eigenvalue weighted by Gasteiger charge is 2.31. The lowest BCUT2D eigenvalue weighted by Gasteiger charge is -2.31. The Kier molecular flexibility index (Phi) is 8.28. The van der Waals surface area contributed by atoms with E-state index in [0.717, 1.165) is 6.42 Å². The van der Waals surface area contributed by atoms with Gasteiger partial charge in [-0.05, 0) is 53.4 Å². The summed E-state index contributed by atoms with van der Waals surface area (Å²) >= 11 is 0. The van der Waals surface area contributed by atoms with Gasteiger partial charge in [0, 0.05) is 12.8 Å². The molecule has 0 rings (SSSR count). The van der Waals surface area contributed by atoms with Crippen molar-refractivity contribution in [2.24, 2.45) is 11.3 Å². The second-order valence-electron chi connectivity index (χ2n) is 8.17. The zero-order valence-electron chi connectivity index (χ0n) is 16.3. The van der Waals surface area contributed by atoms with Crippen LogP contribution >= 0.6 is 0 Å². The second-order valence-corrected chi connectivity index (χ2v) is 8.17. The van der Waals surface area contributed by atoms with Crippen molar-refractivity contribution in [2.75, 3.05) is 6.61 Å². The van der Waals surface area contributed by atoms with Crippen molar-refractivity contribution < 1.29 is 14.3 Å². The molecule has 134 valence electrons. The van der Waals surface area contributed by atoms with Gasteiger partial charge in [-0.15, -0.1) is 0 Å². The number of carbonyl (C=O) groups is 1. The first kappa shape index (κ1) is 21.9. The van der Waals surface area contributed by atoms with Gasteiger partial charge in [0.2, 0.25) is 0 Å². The molecule has 4 nitrogen and oxygen atoms in total. The first-order valence-corrected chi connectivity index (χ1v) is 8.64. The highest BCUT2D eigenvalue weighted by Crippen LogP contribution is 2.32. The largest absolute Gasteiger partial charge is 0.459 e. The van der Waals surface area contributed by atoms with Crippen LogP contribution in [0.1, 0.15) is 81.1 Å². The molecular weight excluding hydrogens is 290 g/mol. The van der Waals surface area contributed by atoms with Crippen molar-refractivity contribution in [2.45, 2.75) is 92.3 Å². The molecule has 23 heavy (non-hydrogen) atoms. The number of nitrogens with zero attached hydrogens (tertiary/aromatic N) is 1. The molecule has 0 aromatic rings. The first-order valence-electron chi connectivity index (χ1n) is 8.64. The lowest BCUT2D eigenvalue weighted by molar-refractivity contribution is -0.162. The van der Waals surface area contributed by atoms with Crippen LogP contribution < -0.4 is 0 Å². The molecule has 0 saturated heterocycles. The van der Waals surface area contributed by atoms with Crippen molar-refractivity contribution in [1.29, 1.82) is 5.26 Å². The van der Waals surface area contributed by atoms with Crippen LogP contribution in [0.2, 0.25) is 0 Å². The fourth-order valence-electron chi connectivity index (χ4n) is 2.03. The van der Waals surface area contributed by atoms with Gasteiger partial charge >= 0.3 is 5.97 Å². The number of ether oxygens (including phenoxy) is 2. The molecule has 0 N–H and O–H groups in total. The summed E-state index contributed by atoms with van der Waals surface area (Å²) in [5.74, 6) is -0.0229. The summed E-state index contributed by atoms with van der Waals surface area (Å²) in [6, 6.07) is 2.33. The quantitative estimate of drug-likeness (QED) is 0.567. The summed E-state index contributed by atoms with van der Waals surface area (Å²) in [5.41, 5.74) is -1.19. The van der Waals surface area contributed by atoms with Crippen LogP contribution in [-0.4, -0.2) is 23.8 Å². The fourth-order valence-corrected chi connectivity index (χ4v) is 2.03. The Morgan fingerprint density at radius 2 is 1.70 bits per heavy atom. The number of esters is 1. The molecule has 0 fully saturated rings. The number of nitriles is 1. The van der Waals surface area contributed by atoms with Gasteiger partial charge < -0.3 is 9.47 Å². The Morgan fingerprint density at radius 1 is 1.13 bits per heavy atom. The lowest BCUT2D eigenvalue weighted by Crippen LogP contribution is -2.34. The molecule has 0 saturated carbocycles. The van der Waals surface area contributed by atoms with E-state index in [1.165, 1.54) is 0 Å². The van der Waals surface area contributed by atoms with Gasteiger partial charge in [0.1, 0.15) is 5.60 Å². The molecule has 0 amide bonds. The van der Waals surface area contributed by atoms with E-state index in [0.29, 0.717) is 19.4 Å². The van der Waals surface area contributed by atoms with E-state index in [9.17, 15) is 10.1 Å². The smallest absolute Gasteiger partial charge is 0.306 e. The standard InChI is InChI=1S/C19H35NO3/c1-9-19(8,12-13-22-17(4,5)6)23-16(21)10-11-18(7,14-20)15(2)3/h15H,9-13H2,1-8H3. The van der Waals surface area contributed by atoms with Crippen LogP contribution in [0, 0.1) is 22.7 Å². The third-order valence-electron chi connectivity index (χ3n) is 4.65. The molecule has 0 aromatic heterocycles. The lowest BCUT2D eigenvalue weighted by atomic mass is 9.77. The highest BCUT2D eigenvalue weighted by atomic mass is 16.6. The topological polar surface area (TPSA) is 59.3 Å². The Hall–Kier alpha value is -1.08. The summed E-state index contributed by atoms with van der Waals surface area (Å²) in [7, 11) is 0. The molecule has 0 heterocycles. The molecular formula is C19H35NO3. The maximum Gasteiger partial charge on any atom is 0.306 e. The van der Waals surface area contributed by atoms with Crippen molar-refractivity contribution in [3.8, 4) is 6.07 Å². The van der Waals surface area contributed by atoms with Crippen LogP contribution in [0.4, 0.5) is 0 Å². The van der Waals surface area contributed by atoms with Crippen molar-refractivity contribution in [3.05, 3.63) is 0 Å². The third-order valence-corrected chi connectivity index (χ3v) is 4.65. The Labute approximate surface area is 142 Å². The van der Waals surface area contributed by atoms with E-state index >= 15 is 0 Å². The molecule has 2 unspecified atom stereocenters. The fraction of sp³-hybridized carbons (Fsp3) is 0.895. The second kappa shape index (κ2) is 8.68. The third kappa shape index (κ3) is 8.37. The predicted molar refractivity (Wildman–Crippen MR) is 92.9 cm³/mol. The van der Waals surface area contributed by atoms with Crippen molar-refractivity contribution >= 4 is 5.97 Å². The number of carbonyl (C=O) groups excluding carboxylic acids is 1. The van der Waals surface area contributed by atoms with E-state index in [-0.39, 0.29) is 23.9 Å². The van der Waals surface area contributed by atoms with Crippen LogP contribution in [0.5, 0.6) is 0 Å². The zero-order chi connectivity index (χ0) is 18.3. The van der Waals surface area contributed by atoms with E-state index < -0.39 is 11.0 Å². The molecule has 0 aromatic carbocycles. The van der Waals surface area contributed by atoms with Gasteiger partial charge in [-0.2, -0.15) is 5.26 Å². The van der Waals surface area contributed by atoms with Gasteiger partial charge in [0.05, 0.1) is 23.7 Å². The van der Waals surface area contributed by atoms with Crippen LogP contribution in [0.15, 0.2) is 0 Å². The normalized spacial score (nSPS) is 17.2. The van der Waals surface area contributed by atoms with E-state index in [4.69, 9.17) is 9.47 Å². The van der Waals surface area contributed by atoms with E-state index in [1.807, 2.05) is 55.4 Å². The van der Waals surface area contributed by atoms with Crippen LogP contribution in [-0.2, 0) is 14.3 Å². The summed E-state index contributed by atoms with van der Waals surface area (Å²) in [4.78, 5) is 12.2. The maximum atomic E-state index is 12.2. The average Bonchev–Trinajstić information content (AvgIpc) is 2.43. The number of hydrogen-bond acceptors (Lipinski definition) is 4. The van der Waals surface area contributed by atoms with Crippen molar-refractivity contribution in [3.63, 3.8) is 0 Å². The van der Waals surface area contributed by atoms with Gasteiger partial charge in [0.15, 0.2) is 0 Å². The van der Waals surface area contributed by atoms with Gasteiger partial charge in [-0.3, -0.25) is 4.79 Å². The molecule has 0 radical (unpaired) electrons. The minimum atomic E-state index is -0.511. The summed E-state index contributed by atoms with van der Waals surface area (Å²) < 4.78 is 11.4. The van der Waals surface area contributed by atoms with Gasteiger partial charge in [0.25, 0.3) is 0 Å². The molecule has 0 spiro atoms. The predicted octanol–water partition coefficient (Wildman–Crippen LogP) is 4.87. The zero-order valence-corrected chi connectivity index (χ0v) is 16.3. The Bertz CT molecular complexity index is 419. The van der Waals surface area contributed by atoms with E-state index in [2.05, 4.69) is 6.07 Å². The Balaban J connectivity index is 4.51. The molecule has 4 heteroatoms. The van der Waals surface area contributed by atoms with Gasteiger partial charge in [-0.25, -0.2) is 0 Å². The average molecular weight is 325 g/mol. The molecule has 0 aliphatic heterocycles. The molecule has 0 aliphatic carbocycles. The SMILES string of the molecule is CCC(C)(CCOC(C)(C)C)OC(=O)CCC(C)(C#N)C(C)C. The molecule has 2 atom stereocenters. The summed E-state index contributed by atoms with van der Waals surface area (Å²) in [5, 5.41) is 9.32. The number of rotatable bonds is 9. The Morgan fingerprint density at radius 3 is 2.09 bits per heavy atom. The summed E-state index contributed by atoms with van der Waals surface area (Å²) in [6.07, 6.45) is 2.22. The monoisotopic (exact) mass is 325 g/mol. The minimum absolute atomic E-state index is 0.190. The molecule has 0 bridgehead atoms. The molecule has 0 aliphatic rings. The highest BCUT2D eigenvalue weighted by molar-refractivity contribution is 5.70. The maximum absolute atomic E-state index is 12.2. The summed E-state index contributed by atoms with van der Waals surface area (Å²) in [6.45, 7) is 16.5. The van der Waals surface area contributed by atoms with E-state index in [1.54, 1.807) is 0 Å². The van der Waals surface area contributed by atoms with Gasteiger partial charge in [-0.1, -0.05) is 20.8 Å². The first-order chi connectivity index (χ1) is 10.4. The van der Waals surface area contributed by atoms with Crippen LogP contribution in [0.25, 0.3) is 0 Å². The van der Waals surface area contributed by atoms with Crippen LogP contribution in [0.3, 0.4) is 0 Å². The van der Waals surface area contributed by atoms with Crippen molar-refractivity contribution in [1.82, 2.24) is 0 Å². The number of hydrogen-bond donors (Lipinski definition) is 0. The minimum Gasteiger partial charge on any atom is -0.459 e.